The van der Waals surface area contributed by atoms with E-state index in [0.29, 0.717) is 6.42 Å². The Morgan fingerprint density at radius 2 is 1.52 bits per heavy atom. The van der Waals surface area contributed by atoms with E-state index in [2.05, 4.69) is 0 Å². The molecule has 11 nitrogen and oxygen atoms in total. The molecule has 0 spiro atoms. The van der Waals surface area contributed by atoms with Crippen LogP contribution in [-0.4, -0.2) is 113 Å². The number of methoxy groups -OCH3 is 1. The largest absolute Gasteiger partial charge is 0.497 e. The summed E-state index contributed by atoms with van der Waals surface area (Å²) in [5, 5.41) is 59.6. The maximum atomic E-state index is 10.2. The topological polar surface area (TPSA) is 168 Å². The van der Waals surface area contributed by atoms with Crippen LogP contribution in [0.2, 0.25) is 0 Å². The number of hydrogen-bond donors (Lipinski definition) is 6. The normalized spacial score (nSPS) is 38.7. The molecule has 0 aliphatic carbocycles. The van der Waals surface area contributed by atoms with Gasteiger partial charge in [-0.2, -0.15) is 0 Å². The lowest BCUT2D eigenvalue weighted by atomic mass is 9.99. The number of hydrogen-bond acceptors (Lipinski definition) is 11. The van der Waals surface area contributed by atoms with Crippen molar-refractivity contribution >= 4 is 0 Å². The number of ether oxygens (including phenoxy) is 5. The highest BCUT2D eigenvalue weighted by molar-refractivity contribution is 5.27. The Bertz CT molecular complexity index is 672. The van der Waals surface area contributed by atoms with Crippen molar-refractivity contribution in [2.45, 2.75) is 61.7 Å². The Labute approximate surface area is 179 Å². The first-order chi connectivity index (χ1) is 14.8. The van der Waals surface area contributed by atoms with Gasteiger partial charge in [-0.15, -0.1) is 0 Å². The molecular weight excluding hydrogens is 416 g/mol. The predicted molar refractivity (Wildman–Crippen MR) is 103 cm³/mol. The zero-order valence-electron chi connectivity index (χ0n) is 17.1. The summed E-state index contributed by atoms with van der Waals surface area (Å²) in [4.78, 5) is 0. The third kappa shape index (κ3) is 5.90. The first-order valence-corrected chi connectivity index (χ1v) is 10.0. The van der Waals surface area contributed by atoms with E-state index in [1.165, 1.54) is 0 Å². The van der Waals surface area contributed by atoms with Gasteiger partial charge < -0.3 is 54.3 Å². The molecule has 0 radical (unpaired) electrons. The van der Waals surface area contributed by atoms with Gasteiger partial charge in [0.1, 0.15) is 48.5 Å². The van der Waals surface area contributed by atoms with Gasteiger partial charge >= 0.3 is 0 Å². The number of aliphatic hydroxyl groups excluding tert-OH is 6. The Morgan fingerprint density at radius 3 is 2.19 bits per heavy atom. The smallest absolute Gasteiger partial charge is 0.186 e. The minimum atomic E-state index is -1.54. The Kier molecular flexibility index (Phi) is 8.58. The van der Waals surface area contributed by atoms with Crippen LogP contribution in [0.3, 0.4) is 0 Å². The van der Waals surface area contributed by atoms with Gasteiger partial charge in [0, 0.05) is 0 Å². The molecule has 1 aromatic carbocycles. The minimum absolute atomic E-state index is 0.180. The van der Waals surface area contributed by atoms with Crippen molar-refractivity contribution < 1.29 is 54.3 Å². The van der Waals surface area contributed by atoms with E-state index < -0.39 is 55.3 Å². The molecule has 2 fully saturated rings. The molecule has 0 amide bonds. The van der Waals surface area contributed by atoms with Crippen LogP contribution in [0.1, 0.15) is 5.56 Å². The SMILES string of the molecule is COc1ccc(CCOC2OC(COC3OCC(O)C(O)C3O)C(O)C(O)C2O)cc1. The molecule has 2 heterocycles. The van der Waals surface area contributed by atoms with Gasteiger partial charge in [-0.1, -0.05) is 12.1 Å². The molecule has 0 bridgehead atoms. The molecule has 6 N–H and O–H groups in total. The third-order valence-corrected chi connectivity index (χ3v) is 5.38. The second kappa shape index (κ2) is 11.0. The van der Waals surface area contributed by atoms with Crippen molar-refractivity contribution in [1.82, 2.24) is 0 Å². The van der Waals surface area contributed by atoms with Gasteiger partial charge in [0.05, 0.1) is 26.9 Å². The summed E-state index contributed by atoms with van der Waals surface area (Å²) >= 11 is 0. The molecule has 31 heavy (non-hydrogen) atoms. The molecule has 3 rings (SSSR count). The summed E-state index contributed by atoms with van der Waals surface area (Å²) in [5.41, 5.74) is 0.968. The highest BCUT2D eigenvalue weighted by atomic mass is 16.7. The van der Waals surface area contributed by atoms with Crippen molar-refractivity contribution in [2.75, 3.05) is 26.9 Å². The van der Waals surface area contributed by atoms with E-state index in [9.17, 15) is 30.6 Å². The monoisotopic (exact) mass is 446 g/mol. The lowest BCUT2D eigenvalue weighted by Gasteiger charge is -2.41. The van der Waals surface area contributed by atoms with Crippen LogP contribution in [0.5, 0.6) is 5.75 Å². The third-order valence-electron chi connectivity index (χ3n) is 5.38. The summed E-state index contributed by atoms with van der Waals surface area (Å²) in [7, 11) is 1.58. The van der Waals surface area contributed by atoms with Crippen LogP contribution in [0, 0.1) is 0 Å². The van der Waals surface area contributed by atoms with Gasteiger partial charge in [-0.25, -0.2) is 0 Å². The standard InChI is InChI=1S/C20H30O11/c1-27-11-4-2-10(3-5-11)6-7-28-20-18(26)16(24)15(23)13(31-20)9-30-19-17(25)14(22)12(21)8-29-19/h2-5,12-26H,6-9H2,1H3. The summed E-state index contributed by atoms with van der Waals surface area (Å²) in [5.74, 6) is 0.727. The second-order valence-electron chi connectivity index (χ2n) is 7.57. The molecule has 2 saturated heterocycles. The van der Waals surface area contributed by atoms with E-state index >= 15 is 0 Å². The lowest BCUT2D eigenvalue weighted by molar-refractivity contribution is -0.320. The summed E-state index contributed by atoms with van der Waals surface area (Å²) in [6.07, 6.45) is -11.7. The summed E-state index contributed by atoms with van der Waals surface area (Å²) in [6.45, 7) is -0.387. The maximum Gasteiger partial charge on any atom is 0.186 e. The van der Waals surface area contributed by atoms with Crippen LogP contribution < -0.4 is 4.74 Å². The van der Waals surface area contributed by atoms with Crippen molar-refractivity contribution in [1.29, 1.82) is 0 Å². The van der Waals surface area contributed by atoms with Crippen molar-refractivity contribution in [3.8, 4) is 5.75 Å². The van der Waals surface area contributed by atoms with Crippen LogP contribution in [0.4, 0.5) is 0 Å². The number of benzene rings is 1. The quantitative estimate of drug-likeness (QED) is 0.250. The van der Waals surface area contributed by atoms with Crippen LogP contribution in [0.25, 0.3) is 0 Å². The summed E-state index contributed by atoms with van der Waals surface area (Å²) in [6, 6.07) is 7.37. The van der Waals surface area contributed by atoms with E-state index in [-0.39, 0.29) is 19.8 Å². The molecule has 176 valence electrons. The lowest BCUT2D eigenvalue weighted by Crippen LogP contribution is -2.60. The molecular formula is C20H30O11. The van der Waals surface area contributed by atoms with E-state index in [0.717, 1.165) is 11.3 Å². The fourth-order valence-electron chi connectivity index (χ4n) is 3.39. The predicted octanol–water partition coefficient (Wildman–Crippen LogP) is -2.48. The van der Waals surface area contributed by atoms with Crippen molar-refractivity contribution in [3.63, 3.8) is 0 Å². The average Bonchev–Trinajstić information content (AvgIpc) is 2.78. The van der Waals surface area contributed by atoms with Crippen LogP contribution >= 0.6 is 0 Å². The Hall–Kier alpha value is -1.38. The number of aliphatic hydroxyl groups is 6. The molecule has 2 aliphatic heterocycles. The van der Waals surface area contributed by atoms with Crippen molar-refractivity contribution in [3.05, 3.63) is 29.8 Å². The van der Waals surface area contributed by atoms with Gasteiger partial charge in [0.2, 0.25) is 0 Å². The zero-order valence-corrected chi connectivity index (χ0v) is 17.1. The van der Waals surface area contributed by atoms with Crippen LogP contribution in [0.15, 0.2) is 24.3 Å². The van der Waals surface area contributed by atoms with E-state index in [1.54, 1.807) is 7.11 Å². The average molecular weight is 446 g/mol. The highest BCUT2D eigenvalue weighted by Crippen LogP contribution is 2.24. The maximum absolute atomic E-state index is 10.2. The first kappa shape index (κ1) is 24.3. The molecule has 1 aromatic rings. The fourth-order valence-corrected chi connectivity index (χ4v) is 3.39. The van der Waals surface area contributed by atoms with E-state index in [1.807, 2.05) is 24.3 Å². The molecule has 9 atom stereocenters. The van der Waals surface area contributed by atoms with Gasteiger partial charge in [0.25, 0.3) is 0 Å². The van der Waals surface area contributed by atoms with E-state index in [4.69, 9.17) is 23.7 Å². The minimum Gasteiger partial charge on any atom is -0.497 e. The molecule has 9 unspecified atom stereocenters. The molecule has 0 aromatic heterocycles. The zero-order chi connectivity index (χ0) is 22.5. The molecule has 0 saturated carbocycles. The highest BCUT2D eigenvalue weighted by Gasteiger charge is 2.45. The first-order valence-electron chi connectivity index (χ1n) is 10.0. The summed E-state index contributed by atoms with van der Waals surface area (Å²) < 4.78 is 26.7. The molecule has 2 aliphatic rings. The van der Waals surface area contributed by atoms with Crippen molar-refractivity contribution in [2.24, 2.45) is 0 Å². The van der Waals surface area contributed by atoms with Gasteiger partial charge in [-0.3, -0.25) is 0 Å². The Balaban J connectivity index is 1.51. The fraction of sp³-hybridized carbons (Fsp3) is 0.700. The Morgan fingerprint density at radius 1 is 0.839 bits per heavy atom. The second-order valence-corrected chi connectivity index (χ2v) is 7.57. The van der Waals surface area contributed by atoms with Gasteiger partial charge in [0.15, 0.2) is 12.6 Å². The molecule has 11 heteroatoms. The number of rotatable bonds is 8. The van der Waals surface area contributed by atoms with Crippen LogP contribution in [-0.2, 0) is 25.4 Å². The van der Waals surface area contributed by atoms with Gasteiger partial charge in [-0.05, 0) is 24.1 Å².